The topological polar surface area (TPSA) is 126 Å². The number of nitrogens with one attached hydrogen (secondary N) is 3. The second-order valence-electron chi connectivity index (χ2n) is 7.33. The van der Waals surface area contributed by atoms with Gasteiger partial charge in [-0.1, -0.05) is 53.9 Å². The Morgan fingerprint density at radius 2 is 1.89 bits per heavy atom. The quantitative estimate of drug-likeness (QED) is 0.170. The Bertz CT molecular complexity index is 1340. The van der Waals surface area contributed by atoms with Crippen LogP contribution in [-0.2, 0) is 14.4 Å². The van der Waals surface area contributed by atoms with E-state index in [2.05, 4.69) is 20.8 Å². The third-order valence-electron chi connectivity index (χ3n) is 4.93. The average molecular weight is 544 g/mol. The number of rotatable bonds is 8. The number of amides is 3. The van der Waals surface area contributed by atoms with Crippen molar-refractivity contribution < 1.29 is 23.9 Å². The van der Waals surface area contributed by atoms with Crippen molar-refractivity contribution in [3.63, 3.8) is 0 Å². The highest BCUT2D eigenvalue weighted by Gasteiger charge is 2.33. The van der Waals surface area contributed by atoms with Crippen molar-refractivity contribution in [1.82, 2.24) is 25.7 Å². The van der Waals surface area contributed by atoms with Crippen molar-refractivity contribution in [3.05, 3.63) is 52.9 Å². The smallest absolute Gasteiger partial charge is 0.266 e. The van der Waals surface area contributed by atoms with Gasteiger partial charge in [-0.2, -0.15) is 0 Å². The molecule has 1 aromatic heterocycles. The minimum Gasteiger partial charge on any atom is -0.493 e. The molecule has 1 aliphatic rings. The van der Waals surface area contributed by atoms with E-state index in [1.165, 1.54) is 30.9 Å². The molecular formula is C23H21N5O5S3. The maximum Gasteiger partial charge on any atom is 0.266 e. The predicted molar refractivity (Wildman–Crippen MR) is 143 cm³/mol. The largest absolute Gasteiger partial charge is 0.493 e. The molecule has 0 atom stereocenters. The van der Waals surface area contributed by atoms with Gasteiger partial charge in [-0.3, -0.25) is 30.1 Å². The lowest BCUT2D eigenvalue weighted by Gasteiger charge is -2.14. The summed E-state index contributed by atoms with van der Waals surface area (Å²) in [5, 5.41) is 0.594. The van der Waals surface area contributed by atoms with Gasteiger partial charge >= 0.3 is 0 Å². The monoisotopic (exact) mass is 543 g/mol. The Kier molecular flexibility index (Phi) is 8.13. The predicted octanol–water partition coefficient (Wildman–Crippen LogP) is 2.72. The second kappa shape index (κ2) is 11.5. The van der Waals surface area contributed by atoms with Gasteiger partial charge in [0.1, 0.15) is 10.9 Å². The zero-order chi connectivity index (χ0) is 25.7. The third kappa shape index (κ3) is 5.98. The number of hydrogen-bond donors (Lipinski definition) is 3. The first-order chi connectivity index (χ1) is 17.4. The summed E-state index contributed by atoms with van der Waals surface area (Å²) in [4.78, 5) is 46.3. The minimum atomic E-state index is -0.583. The van der Waals surface area contributed by atoms with Crippen LogP contribution in [0.1, 0.15) is 5.56 Å². The molecule has 10 nitrogen and oxygen atoms in total. The van der Waals surface area contributed by atoms with Crippen LogP contribution in [0.15, 0.2) is 52.5 Å². The first kappa shape index (κ1) is 25.5. The number of fused-ring (bicyclic) bond motifs is 1. The maximum absolute atomic E-state index is 12.8. The van der Waals surface area contributed by atoms with Gasteiger partial charge in [-0.05, 0) is 35.9 Å². The molecule has 186 valence electrons. The van der Waals surface area contributed by atoms with E-state index in [0.29, 0.717) is 27.1 Å². The van der Waals surface area contributed by atoms with Crippen LogP contribution in [0, 0.1) is 0 Å². The summed E-state index contributed by atoms with van der Waals surface area (Å²) in [7, 11) is 3.06. The number of imidazole rings is 1. The Balaban J connectivity index is 1.28. The molecule has 0 aliphatic carbocycles. The lowest BCUT2D eigenvalue weighted by molar-refractivity contribution is -0.131. The molecule has 2 heterocycles. The molecule has 2 aromatic carbocycles. The number of carbonyl (C=O) groups excluding carboxylic acids is 3. The fraction of sp³-hybridized carbons (Fsp3) is 0.174. The number of H-pyrrole nitrogens is 1. The highest BCUT2D eigenvalue weighted by Crippen LogP contribution is 2.34. The van der Waals surface area contributed by atoms with Gasteiger partial charge < -0.3 is 14.5 Å². The van der Waals surface area contributed by atoms with Crippen LogP contribution >= 0.6 is 35.7 Å². The van der Waals surface area contributed by atoms with Gasteiger partial charge in [0.2, 0.25) is 5.91 Å². The highest BCUT2D eigenvalue weighted by molar-refractivity contribution is 8.26. The Labute approximate surface area is 220 Å². The average Bonchev–Trinajstić information content (AvgIpc) is 3.41. The van der Waals surface area contributed by atoms with Crippen LogP contribution in [0.4, 0.5) is 0 Å². The number of aromatic amines is 1. The van der Waals surface area contributed by atoms with Gasteiger partial charge in [0.05, 0.1) is 35.9 Å². The maximum atomic E-state index is 12.8. The van der Waals surface area contributed by atoms with E-state index in [1.54, 1.807) is 24.3 Å². The fourth-order valence-corrected chi connectivity index (χ4v) is 5.16. The van der Waals surface area contributed by atoms with E-state index in [4.69, 9.17) is 21.7 Å². The van der Waals surface area contributed by atoms with Gasteiger partial charge in [0.25, 0.3) is 11.8 Å². The Hall–Kier alpha value is -3.55. The summed E-state index contributed by atoms with van der Waals surface area (Å²) in [6.07, 6.45) is 1.66. The van der Waals surface area contributed by atoms with Crippen LogP contribution < -0.4 is 20.3 Å². The minimum absolute atomic E-state index is 0.0369. The number of nitrogens with zero attached hydrogens (tertiary/aromatic N) is 2. The number of para-hydroxylation sites is 2. The Morgan fingerprint density at radius 3 is 2.64 bits per heavy atom. The number of methoxy groups -OCH3 is 2. The zero-order valence-corrected chi connectivity index (χ0v) is 21.6. The van der Waals surface area contributed by atoms with Crippen LogP contribution in [0.3, 0.4) is 0 Å². The molecular weight excluding hydrogens is 522 g/mol. The molecule has 1 aliphatic heterocycles. The summed E-state index contributed by atoms with van der Waals surface area (Å²) in [5.41, 5.74) is 7.04. The van der Waals surface area contributed by atoms with Crippen molar-refractivity contribution in [1.29, 1.82) is 0 Å². The second-order valence-corrected chi connectivity index (χ2v) is 9.97. The molecule has 3 N–H and O–H groups in total. The van der Waals surface area contributed by atoms with Gasteiger partial charge in [0, 0.05) is 0 Å². The molecule has 4 rings (SSSR count). The van der Waals surface area contributed by atoms with E-state index in [0.717, 1.165) is 22.8 Å². The fourth-order valence-electron chi connectivity index (χ4n) is 3.22. The molecule has 0 spiro atoms. The lowest BCUT2D eigenvalue weighted by atomic mass is 10.2. The molecule has 1 fully saturated rings. The number of thiocarbonyl (C=S) groups is 1. The standard InChI is InChI=1S/C23H21N5O5S3/c1-32-16-8-7-13(9-17(16)33-2)10-18-21(31)28(23(34)36-18)11-19(29)26-27-20(30)12-35-22-24-14-5-3-4-6-15(14)25-22/h3-10H,11-12H2,1-2H3,(H,24,25)(H,26,29)(H,27,30)/b18-10-. The summed E-state index contributed by atoms with van der Waals surface area (Å²) < 4.78 is 10.8. The number of thioether (sulfide) groups is 2. The summed E-state index contributed by atoms with van der Waals surface area (Å²) in [6, 6.07) is 12.8. The number of aromatic nitrogens is 2. The van der Waals surface area contributed by atoms with E-state index in [9.17, 15) is 14.4 Å². The third-order valence-corrected chi connectivity index (χ3v) is 7.18. The van der Waals surface area contributed by atoms with E-state index in [1.807, 2.05) is 24.3 Å². The zero-order valence-electron chi connectivity index (χ0n) is 19.2. The normalized spacial score (nSPS) is 14.4. The van der Waals surface area contributed by atoms with E-state index < -0.39 is 17.7 Å². The molecule has 0 saturated carbocycles. The van der Waals surface area contributed by atoms with Gasteiger partial charge in [0.15, 0.2) is 16.7 Å². The van der Waals surface area contributed by atoms with Crippen LogP contribution in [-0.4, -0.2) is 63.4 Å². The SMILES string of the molecule is COc1ccc(/C=C2\SC(=S)N(CC(=O)NNC(=O)CSc3nc4ccccc4[nH]3)C2=O)cc1OC. The number of ether oxygens (including phenoxy) is 2. The number of carbonyl (C=O) groups is 3. The summed E-state index contributed by atoms with van der Waals surface area (Å²) >= 11 is 7.57. The van der Waals surface area contributed by atoms with Crippen molar-refractivity contribution >= 4 is 74.9 Å². The van der Waals surface area contributed by atoms with Gasteiger partial charge in [-0.25, -0.2) is 4.98 Å². The molecule has 36 heavy (non-hydrogen) atoms. The summed E-state index contributed by atoms with van der Waals surface area (Å²) in [6.45, 7) is -0.328. The summed E-state index contributed by atoms with van der Waals surface area (Å²) in [5.74, 6) is -0.280. The highest BCUT2D eigenvalue weighted by atomic mass is 32.2. The van der Waals surface area contributed by atoms with Crippen LogP contribution in [0.25, 0.3) is 17.1 Å². The first-order valence-electron chi connectivity index (χ1n) is 10.5. The molecule has 0 bridgehead atoms. The number of hydrazine groups is 1. The van der Waals surface area contributed by atoms with Crippen molar-refractivity contribution in [3.8, 4) is 11.5 Å². The van der Waals surface area contributed by atoms with Crippen molar-refractivity contribution in [2.24, 2.45) is 0 Å². The van der Waals surface area contributed by atoms with Crippen molar-refractivity contribution in [2.45, 2.75) is 5.16 Å². The molecule has 0 unspecified atom stereocenters. The molecule has 0 radical (unpaired) electrons. The van der Waals surface area contributed by atoms with Crippen molar-refractivity contribution in [2.75, 3.05) is 26.5 Å². The van der Waals surface area contributed by atoms with Crippen LogP contribution in [0.5, 0.6) is 11.5 Å². The molecule has 3 aromatic rings. The number of hydrogen-bond acceptors (Lipinski definition) is 9. The molecule has 13 heteroatoms. The Morgan fingerprint density at radius 1 is 1.14 bits per heavy atom. The molecule has 3 amide bonds. The number of benzene rings is 2. The van der Waals surface area contributed by atoms with Gasteiger partial charge in [-0.15, -0.1) is 0 Å². The van der Waals surface area contributed by atoms with Crippen LogP contribution in [0.2, 0.25) is 0 Å². The van der Waals surface area contributed by atoms with E-state index >= 15 is 0 Å². The van der Waals surface area contributed by atoms with E-state index in [-0.39, 0.29) is 16.6 Å². The molecule has 1 saturated heterocycles. The lowest BCUT2D eigenvalue weighted by Crippen LogP contribution is -2.47. The first-order valence-corrected chi connectivity index (χ1v) is 12.7.